The molecular formula is C10H15NOS. The Morgan fingerprint density at radius 1 is 1.62 bits per heavy atom. The molecule has 0 bridgehead atoms. The standard InChI is InChI=1S/C10H15NOS/c1-8-5-11(6-8)7-10-9(12-2)3-4-13-10/h3-4,8H,5-7H2,1-2H3. The van der Waals surface area contributed by atoms with E-state index in [1.54, 1.807) is 18.4 Å². The number of hydrogen-bond acceptors (Lipinski definition) is 3. The fourth-order valence-electron chi connectivity index (χ4n) is 1.79. The maximum Gasteiger partial charge on any atom is 0.134 e. The normalized spacial score (nSPS) is 18.6. The van der Waals surface area contributed by atoms with Crippen molar-refractivity contribution in [2.75, 3.05) is 20.2 Å². The van der Waals surface area contributed by atoms with Crippen LogP contribution in [0.25, 0.3) is 0 Å². The van der Waals surface area contributed by atoms with Crippen LogP contribution in [0.1, 0.15) is 11.8 Å². The highest BCUT2D eigenvalue weighted by Gasteiger charge is 2.23. The molecule has 1 fully saturated rings. The van der Waals surface area contributed by atoms with E-state index in [2.05, 4.69) is 17.2 Å². The van der Waals surface area contributed by atoms with Crippen LogP contribution in [0.2, 0.25) is 0 Å². The highest BCUT2D eigenvalue weighted by molar-refractivity contribution is 7.10. The Hall–Kier alpha value is -0.540. The van der Waals surface area contributed by atoms with Gasteiger partial charge in [-0.2, -0.15) is 0 Å². The van der Waals surface area contributed by atoms with Gasteiger partial charge in [-0.25, -0.2) is 0 Å². The number of nitrogens with zero attached hydrogens (tertiary/aromatic N) is 1. The molecular weight excluding hydrogens is 182 g/mol. The van der Waals surface area contributed by atoms with Gasteiger partial charge in [-0.1, -0.05) is 6.92 Å². The van der Waals surface area contributed by atoms with Crippen molar-refractivity contribution in [2.24, 2.45) is 5.92 Å². The molecule has 1 aromatic rings. The first-order valence-corrected chi connectivity index (χ1v) is 5.50. The molecule has 0 amide bonds. The summed E-state index contributed by atoms with van der Waals surface area (Å²) in [5.74, 6) is 1.93. The molecule has 2 nitrogen and oxygen atoms in total. The van der Waals surface area contributed by atoms with Crippen LogP contribution >= 0.6 is 11.3 Å². The number of thiophene rings is 1. The summed E-state index contributed by atoms with van der Waals surface area (Å²) >= 11 is 1.79. The Labute approximate surface area is 83.1 Å². The van der Waals surface area contributed by atoms with Gasteiger partial charge in [0.15, 0.2) is 0 Å². The summed E-state index contributed by atoms with van der Waals surface area (Å²) in [6.07, 6.45) is 0. The maximum absolute atomic E-state index is 5.27. The van der Waals surface area contributed by atoms with E-state index in [9.17, 15) is 0 Å². The molecule has 0 atom stereocenters. The minimum atomic E-state index is 0.881. The lowest BCUT2D eigenvalue weighted by atomic mass is 10.0. The van der Waals surface area contributed by atoms with E-state index in [-0.39, 0.29) is 0 Å². The molecule has 1 saturated heterocycles. The first-order chi connectivity index (χ1) is 6.29. The summed E-state index contributed by atoms with van der Waals surface area (Å²) in [4.78, 5) is 3.81. The number of methoxy groups -OCH3 is 1. The smallest absolute Gasteiger partial charge is 0.134 e. The molecule has 0 N–H and O–H groups in total. The van der Waals surface area contributed by atoms with Gasteiger partial charge in [0, 0.05) is 19.6 Å². The molecule has 2 heterocycles. The topological polar surface area (TPSA) is 12.5 Å². The van der Waals surface area contributed by atoms with Crippen molar-refractivity contribution in [1.29, 1.82) is 0 Å². The van der Waals surface area contributed by atoms with Crippen molar-refractivity contribution >= 4 is 11.3 Å². The molecule has 1 aliphatic heterocycles. The van der Waals surface area contributed by atoms with E-state index < -0.39 is 0 Å². The van der Waals surface area contributed by atoms with Crippen LogP contribution in [0, 0.1) is 5.92 Å². The van der Waals surface area contributed by atoms with Gasteiger partial charge in [0.25, 0.3) is 0 Å². The Balaban J connectivity index is 1.94. The van der Waals surface area contributed by atoms with Gasteiger partial charge in [-0.15, -0.1) is 11.3 Å². The zero-order valence-electron chi connectivity index (χ0n) is 8.12. The molecule has 0 aliphatic carbocycles. The van der Waals surface area contributed by atoms with E-state index >= 15 is 0 Å². The van der Waals surface area contributed by atoms with Crippen LogP contribution in [0.4, 0.5) is 0 Å². The van der Waals surface area contributed by atoms with Crippen molar-refractivity contribution in [2.45, 2.75) is 13.5 Å². The molecule has 0 aromatic carbocycles. The summed E-state index contributed by atoms with van der Waals surface area (Å²) in [7, 11) is 1.74. The van der Waals surface area contributed by atoms with Gasteiger partial charge < -0.3 is 4.74 Å². The minimum Gasteiger partial charge on any atom is -0.496 e. The first kappa shape index (κ1) is 9.03. The lowest BCUT2D eigenvalue weighted by Crippen LogP contribution is -2.44. The van der Waals surface area contributed by atoms with Crippen LogP contribution in [0.15, 0.2) is 11.4 Å². The number of likely N-dealkylation sites (tertiary alicyclic amines) is 1. The van der Waals surface area contributed by atoms with E-state index in [1.165, 1.54) is 18.0 Å². The fraction of sp³-hybridized carbons (Fsp3) is 0.600. The van der Waals surface area contributed by atoms with Gasteiger partial charge >= 0.3 is 0 Å². The second-order valence-electron chi connectivity index (χ2n) is 3.71. The molecule has 13 heavy (non-hydrogen) atoms. The van der Waals surface area contributed by atoms with Crippen molar-refractivity contribution in [3.63, 3.8) is 0 Å². The molecule has 72 valence electrons. The maximum atomic E-state index is 5.27. The fourth-order valence-corrected chi connectivity index (χ4v) is 2.67. The van der Waals surface area contributed by atoms with E-state index in [1.807, 2.05) is 6.07 Å². The van der Waals surface area contributed by atoms with Gasteiger partial charge in [0.05, 0.1) is 12.0 Å². The Bertz CT molecular complexity index is 278. The molecule has 0 spiro atoms. The predicted octanol–water partition coefficient (Wildman–Crippen LogP) is 2.21. The van der Waals surface area contributed by atoms with Crippen LogP contribution in [0.5, 0.6) is 5.75 Å². The number of ether oxygens (including phenoxy) is 1. The van der Waals surface area contributed by atoms with Crippen molar-refractivity contribution in [3.8, 4) is 5.75 Å². The van der Waals surface area contributed by atoms with Crippen LogP contribution in [-0.4, -0.2) is 25.1 Å². The molecule has 0 radical (unpaired) electrons. The zero-order chi connectivity index (χ0) is 9.26. The number of hydrogen-bond donors (Lipinski definition) is 0. The molecule has 0 unspecified atom stereocenters. The van der Waals surface area contributed by atoms with E-state index in [0.717, 1.165) is 18.2 Å². The second kappa shape index (κ2) is 3.68. The summed E-state index contributed by atoms with van der Waals surface area (Å²) in [5.41, 5.74) is 0. The minimum absolute atomic E-state index is 0.881. The van der Waals surface area contributed by atoms with Crippen molar-refractivity contribution < 1.29 is 4.74 Å². The summed E-state index contributed by atoms with van der Waals surface area (Å²) < 4.78 is 5.27. The highest BCUT2D eigenvalue weighted by atomic mass is 32.1. The average molecular weight is 197 g/mol. The summed E-state index contributed by atoms with van der Waals surface area (Å²) in [6.45, 7) is 5.83. The molecule has 2 rings (SSSR count). The first-order valence-electron chi connectivity index (χ1n) is 4.62. The largest absolute Gasteiger partial charge is 0.496 e. The van der Waals surface area contributed by atoms with Crippen molar-refractivity contribution in [3.05, 3.63) is 16.3 Å². The Kier molecular flexibility index (Phi) is 2.56. The van der Waals surface area contributed by atoms with Crippen LogP contribution < -0.4 is 4.74 Å². The van der Waals surface area contributed by atoms with Gasteiger partial charge in [0.1, 0.15) is 5.75 Å². The van der Waals surface area contributed by atoms with Crippen molar-refractivity contribution in [1.82, 2.24) is 4.90 Å². The van der Waals surface area contributed by atoms with Gasteiger partial charge in [-0.05, 0) is 17.4 Å². The van der Waals surface area contributed by atoms with E-state index in [4.69, 9.17) is 4.74 Å². The lowest BCUT2D eigenvalue weighted by Gasteiger charge is -2.36. The van der Waals surface area contributed by atoms with Gasteiger partial charge in [0.2, 0.25) is 0 Å². The third-order valence-corrected chi connectivity index (χ3v) is 3.32. The quantitative estimate of drug-likeness (QED) is 0.736. The lowest BCUT2D eigenvalue weighted by molar-refractivity contribution is 0.105. The predicted molar refractivity (Wildman–Crippen MR) is 55.3 cm³/mol. The van der Waals surface area contributed by atoms with Crippen LogP contribution in [0.3, 0.4) is 0 Å². The third kappa shape index (κ3) is 1.86. The average Bonchev–Trinajstić information content (AvgIpc) is 2.49. The molecule has 1 aliphatic rings. The summed E-state index contributed by atoms with van der Waals surface area (Å²) in [5, 5.41) is 2.09. The molecule has 3 heteroatoms. The Morgan fingerprint density at radius 2 is 2.38 bits per heavy atom. The van der Waals surface area contributed by atoms with Crippen LogP contribution in [-0.2, 0) is 6.54 Å². The highest BCUT2D eigenvalue weighted by Crippen LogP contribution is 2.28. The number of rotatable bonds is 3. The van der Waals surface area contributed by atoms with E-state index in [0.29, 0.717) is 0 Å². The SMILES string of the molecule is COc1ccsc1CN1CC(C)C1. The monoisotopic (exact) mass is 197 g/mol. The molecule has 1 aromatic heterocycles. The summed E-state index contributed by atoms with van der Waals surface area (Å²) in [6, 6.07) is 2.04. The zero-order valence-corrected chi connectivity index (χ0v) is 8.93. The second-order valence-corrected chi connectivity index (χ2v) is 4.71. The van der Waals surface area contributed by atoms with Gasteiger partial charge in [-0.3, -0.25) is 4.90 Å². The third-order valence-electron chi connectivity index (χ3n) is 2.43. The Morgan fingerprint density at radius 3 is 3.00 bits per heavy atom. The molecule has 0 saturated carbocycles.